The monoisotopic (exact) mass is 521 g/mol. The number of hydrogen-bond acceptors (Lipinski definition) is 7. The molecular formula is C28H27NO5S2. The van der Waals surface area contributed by atoms with Crippen molar-refractivity contribution in [2.24, 2.45) is 0 Å². The maximum Gasteiger partial charge on any atom is 0.349 e. The van der Waals surface area contributed by atoms with Gasteiger partial charge in [0.2, 0.25) is 0 Å². The standard InChI is InChI=1S/C28H27NO5S2/c1-4-11-20-19-14-9-10-15-21(19)35-24(20)25(30)29-26-22(27(31)33-5-2)17(3)23(36-26)28(32)34-16-18-12-7-6-8-13-18/h6-10,12-15H,4-5,11,16H2,1-3H3,(H,29,30). The largest absolute Gasteiger partial charge is 0.462 e. The maximum atomic E-state index is 13.5. The van der Waals surface area contributed by atoms with E-state index in [0.29, 0.717) is 10.4 Å². The Labute approximate surface area is 217 Å². The number of anilines is 1. The molecule has 4 aromatic rings. The van der Waals surface area contributed by atoms with Crippen LogP contribution in [0.15, 0.2) is 54.6 Å². The number of amides is 1. The minimum atomic E-state index is -0.589. The van der Waals surface area contributed by atoms with Crippen molar-refractivity contribution < 1.29 is 23.9 Å². The van der Waals surface area contributed by atoms with Gasteiger partial charge in [-0.05, 0) is 48.4 Å². The molecule has 0 spiro atoms. The van der Waals surface area contributed by atoms with Crippen molar-refractivity contribution in [3.8, 4) is 0 Å². The van der Waals surface area contributed by atoms with Crippen LogP contribution < -0.4 is 5.32 Å². The normalized spacial score (nSPS) is 10.9. The first-order valence-electron chi connectivity index (χ1n) is 11.8. The second kappa shape index (κ2) is 11.5. The highest BCUT2D eigenvalue weighted by Crippen LogP contribution is 2.37. The third-order valence-corrected chi connectivity index (χ3v) is 8.06. The van der Waals surface area contributed by atoms with E-state index in [4.69, 9.17) is 9.47 Å². The van der Waals surface area contributed by atoms with E-state index in [1.807, 2.05) is 54.6 Å². The van der Waals surface area contributed by atoms with E-state index in [2.05, 4.69) is 12.2 Å². The molecule has 2 heterocycles. The van der Waals surface area contributed by atoms with Gasteiger partial charge in [0.1, 0.15) is 16.5 Å². The van der Waals surface area contributed by atoms with Gasteiger partial charge in [-0.3, -0.25) is 4.79 Å². The molecule has 0 atom stereocenters. The highest BCUT2D eigenvalue weighted by molar-refractivity contribution is 7.21. The fraction of sp³-hybridized carbons (Fsp3) is 0.250. The molecule has 0 saturated heterocycles. The zero-order valence-corrected chi connectivity index (χ0v) is 22.0. The van der Waals surface area contributed by atoms with Crippen LogP contribution in [0.2, 0.25) is 0 Å². The van der Waals surface area contributed by atoms with Gasteiger partial charge in [0.05, 0.1) is 17.0 Å². The first-order chi connectivity index (χ1) is 17.4. The van der Waals surface area contributed by atoms with Crippen LogP contribution in [0.3, 0.4) is 0 Å². The number of benzene rings is 2. The second-order valence-electron chi connectivity index (χ2n) is 8.15. The van der Waals surface area contributed by atoms with Crippen molar-refractivity contribution in [1.82, 2.24) is 0 Å². The SMILES string of the molecule is CCCc1c(C(=O)Nc2sc(C(=O)OCc3ccccc3)c(C)c2C(=O)OCC)sc2ccccc12. The number of carbonyl (C=O) groups excluding carboxylic acids is 3. The summed E-state index contributed by atoms with van der Waals surface area (Å²) in [5, 5.41) is 4.24. The molecule has 8 heteroatoms. The summed E-state index contributed by atoms with van der Waals surface area (Å²) < 4.78 is 11.8. The molecule has 2 aromatic heterocycles. The number of nitrogens with one attached hydrogen (secondary N) is 1. The Kier molecular flexibility index (Phi) is 8.18. The number of fused-ring (bicyclic) bond motifs is 1. The van der Waals surface area contributed by atoms with E-state index < -0.39 is 11.9 Å². The smallest absolute Gasteiger partial charge is 0.349 e. The molecule has 6 nitrogen and oxygen atoms in total. The van der Waals surface area contributed by atoms with Crippen molar-refractivity contribution in [1.29, 1.82) is 0 Å². The number of carbonyl (C=O) groups is 3. The van der Waals surface area contributed by atoms with Crippen molar-refractivity contribution in [2.45, 2.75) is 40.2 Å². The van der Waals surface area contributed by atoms with Crippen LogP contribution in [0.4, 0.5) is 5.00 Å². The highest BCUT2D eigenvalue weighted by Gasteiger charge is 2.28. The molecule has 0 unspecified atom stereocenters. The zero-order valence-electron chi connectivity index (χ0n) is 20.4. The molecule has 0 radical (unpaired) electrons. The number of rotatable bonds is 9. The lowest BCUT2D eigenvalue weighted by Gasteiger charge is -2.08. The molecule has 0 fully saturated rings. The molecule has 1 N–H and O–H groups in total. The first kappa shape index (κ1) is 25.6. The van der Waals surface area contributed by atoms with Gasteiger partial charge in [-0.15, -0.1) is 22.7 Å². The zero-order chi connectivity index (χ0) is 25.7. The average Bonchev–Trinajstić information content (AvgIpc) is 3.41. The Morgan fingerprint density at radius 2 is 1.58 bits per heavy atom. The van der Waals surface area contributed by atoms with E-state index in [0.717, 1.165) is 45.4 Å². The Balaban J connectivity index is 1.66. The first-order valence-corrected chi connectivity index (χ1v) is 13.4. The molecule has 4 rings (SSSR count). The van der Waals surface area contributed by atoms with Crippen molar-refractivity contribution in [3.05, 3.63) is 86.6 Å². The summed E-state index contributed by atoms with van der Waals surface area (Å²) in [6.45, 7) is 5.73. The summed E-state index contributed by atoms with van der Waals surface area (Å²) in [6.07, 6.45) is 1.66. The quantitative estimate of drug-likeness (QED) is 0.240. The van der Waals surface area contributed by atoms with Crippen molar-refractivity contribution >= 4 is 55.6 Å². The molecule has 0 saturated carbocycles. The number of aryl methyl sites for hydroxylation is 1. The van der Waals surface area contributed by atoms with Gasteiger partial charge in [0, 0.05) is 4.70 Å². The summed E-state index contributed by atoms with van der Waals surface area (Å²) in [7, 11) is 0. The van der Waals surface area contributed by atoms with Crippen molar-refractivity contribution in [2.75, 3.05) is 11.9 Å². The van der Waals surface area contributed by atoms with Crippen molar-refractivity contribution in [3.63, 3.8) is 0 Å². The maximum absolute atomic E-state index is 13.5. The minimum Gasteiger partial charge on any atom is -0.462 e. The van der Waals surface area contributed by atoms with Crippen LogP contribution in [-0.4, -0.2) is 24.5 Å². The number of hydrogen-bond donors (Lipinski definition) is 1. The number of esters is 2. The molecular weight excluding hydrogens is 494 g/mol. The summed E-state index contributed by atoms with van der Waals surface area (Å²) in [6, 6.07) is 17.3. The molecule has 0 aliphatic rings. The predicted molar refractivity (Wildman–Crippen MR) is 144 cm³/mol. The van der Waals surface area contributed by atoms with Crippen LogP contribution in [0.1, 0.15) is 66.7 Å². The molecule has 2 aromatic carbocycles. The van der Waals surface area contributed by atoms with E-state index in [1.165, 1.54) is 11.3 Å². The lowest BCUT2D eigenvalue weighted by atomic mass is 10.1. The van der Waals surface area contributed by atoms with Crippen LogP contribution in [0.5, 0.6) is 0 Å². The summed E-state index contributed by atoms with van der Waals surface area (Å²) in [4.78, 5) is 40.0. The minimum absolute atomic E-state index is 0.107. The van der Waals surface area contributed by atoms with Crippen LogP contribution >= 0.6 is 22.7 Å². The van der Waals surface area contributed by atoms with Crippen LogP contribution in [-0.2, 0) is 22.5 Å². The predicted octanol–water partition coefficient (Wildman–Crippen LogP) is 7.01. The van der Waals surface area contributed by atoms with Gasteiger partial charge in [0.25, 0.3) is 5.91 Å². The van der Waals surface area contributed by atoms with Gasteiger partial charge < -0.3 is 14.8 Å². The number of ether oxygens (including phenoxy) is 2. The molecule has 36 heavy (non-hydrogen) atoms. The van der Waals surface area contributed by atoms with Gasteiger partial charge in [-0.1, -0.05) is 61.9 Å². The van der Waals surface area contributed by atoms with Gasteiger partial charge in [0.15, 0.2) is 0 Å². The summed E-state index contributed by atoms with van der Waals surface area (Å²) in [5.74, 6) is -1.45. The topological polar surface area (TPSA) is 81.7 Å². The fourth-order valence-corrected chi connectivity index (χ4v) is 6.20. The highest BCUT2D eigenvalue weighted by atomic mass is 32.1. The molecule has 0 aliphatic heterocycles. The Hall–Kier alpha value is -3.49. The van der Waals surface area contributed by atoms with Gasteiger partial charge in [-0.2, -0.15) is 0 Å². The third-order valence-electron chi connectivity index (χ3n) is 5.66. The molecule has 0 aliphatic carbocycles. The summed E-state index contributed by atoms with van der Waals surface area (Å²) in [5.41, 5.74) is 2.45. The lowest BCUT2D eigenvalue weighted by molar-refractivity contribution is 0.0477. The fourth-order valence-electron chi connectivity index (χ4n) is 3.97. The lowest BCUT2D eigenvalue weighted by Crippen LogP contribution is -2.15. The Morgan fingerprint density at radius 1 is 0.861 bits per heavy atom. The van der Waals surface area contributed by atoms with E-state index in [-0.39, 0.29) is 34.6 Å². The average molecular weight is 522 g/mol. The van der Waals surface area contributed by atoms with Crippen LogP contribution in [0, 0.1) is 6.92 Å². The van der Waals surface area contributed by atoms with Gasteiger partial charge >= 0.3 is 11.9 Å². The summed E-state index contributed by atoms with van der Waals surface area (Å²) >= 11 is 2.45. The van der Waals surface area contributed by atoms with Crippen LogP contribution in [0.25, 0.3) is 10.1 Å². The second-order valence-corrected chi connectivity index (χ2v) is 10.2. The molecule has 186 valence electrons. The Morgan fingerprint density at radius 3 is 2.31 bits per heavy atom. The van der Waals surface area contributed by atoms with E-state index >= 15 is 0 Å². The van der Waals surface area contributed by atoms with E-state index in [1.54, 1.807) is 13.8 Å². The van der Waals surface area contributed by atoms with Gasteiger partial charge in [-0.25, -0.2) is 9.59 Å². The Bertz CT molecular complexity index is 1400. The molecule has 1 amide bonds. The van der Waals surface area contributed by atoms with E-state index in [9.17, 15) is 14.4 Å². The third kappa shape index (κ3) is 5.34. The number of thiophene rings is 2. The molecule has 0 bridgehead atoms.